The molecule has 13 nitrogen and oxygen atoms in total. The zero-order valence-corrected chi connectivity index (χ0v) is 22.6. The van der Waals surface area contributed by atoms with E-state index >= 15 is 0 Å². The molecule has 3 N–H and O–H groups in total. The van der Waals surface area contributed by atoms with E-state index in [-0.39, 0.29) is 48.1 Å². The maximum atomic E-state index is 13.6. The standard InChI is InChI=1S/C27H33N7O6/c1-17-11-34(18(2)15-35)26(37)22-10-21(29-25(36)14-33-16-28-30-31-33)8-9-23(22)40-24(17)13-32(3)12-19-4-6-20(7-5-19)27(38)39/h4-10,16-18,24,35H,11-15H2,1-3H3,(H,29,36)(H,38,39)/t17-,18-,24-/m1/s1. The number of benzene rings is 2. The van der Waals surface area contributed by atoms with Crippen molar-refractivity contribution in [3.63, 3.8) is 0 Å². The summed E-state index contributed by atoms with van der Waals surface area (Å²) in [6.07, 6.45) is 1.03. The van der Waals surface area contributed by atoms with Gasteiger partial charge in [0.2, 0.25) is 5.91 Å². The number of rotatable bonds is 10. The molecule has 1 aromatic heterocycles. The van der Waals surface area contributed by atoms with Crippen molar-refractivity contribution in [1.29, 1.82) is 0 Å². The number of nitrogens with one attached hydrogen (secondary N) is 1. The Balaban J connectivity index is 1.54. The van der Waals surface area contributed by atoms with Crippen LogP contribution in [-0.2, 0) is 17.9 Å². The number of carboxylic acids is 1. The molecule has 0 spiro atoms. The number of hydrogen-bond acceptors (Lipinski definition) is 9. The van der Waals surface area contributed by atoms with Crippen molar-refractivity contribution in [3.8, 4) is 5.75 Å². The smallest absolute Gasteiger partial charge is 0.335 e. The summed E-state index contributed by atoms with van der Waals surface area (Å²) >= 11 is 0. The van der Waals surface area contributed by atoms with Crippen LogP contribution in [0.1, 0.15) is 40.1 Å². The molecule has 3 atom stereocenters. The number of carbonyl (C=O) groups is 3. The van der Waals surface area contributed by atoms with Crippen molar-refractivity contribution in [2.75, 3.05) is 32.1 Å². The second kappa shape index (κ2) is 12.7. The first kappa shape index (κ1) is 28.6. The van der Waals surface area contributed by atoms with Gasteiger partial charge in [-0.2, -0.15) is 0 Å². The Kier molecular flexibility index (Phi) is 9.07. The molecule has 13 heteroatoms. The van der Waals surface area contributed by atoms with Gasteiger partial charge in [-0.15, -0.1) is 5.10 Å². The SMILES string of the molecule is C[C@@H]1CN([C@H](C)CO)C(=O)c2cc(NC(=O)Cn3cnnn3)ccc2O[C@@H]1CN(C)Cc1ccc(C(=O)O)cc1. The van der Waals surface area contributed by atoms with Crippen LogP contribution < -0.4 is 10.1 Å². The number of amides is 2. The van der Waals surface area contributed by atoms with Gasteiger partial charge < -0.3 is 25.2 Å². The fourth-order valence-corrected chi connectivity index (χ4v) is 4.55. The van der Waals surface area contributed by atoms with Gasteiger partial charge in [0, 0.05) is 31.2 Å². The minimum Gasteiger partial charge on any atom is -0.488 e. The van der Waals surface area contributed by atoms with Crippen LogP contribution >= 0.6 is 0 Å². The summed E-state index contributed by atoms with van der Waals surface area (Å²) in [6.45, 7) is 4.96. The van der Waals surface area contributed by atoms with Crippen LogP contribution in [0.3, 0.4) is 0 Å². The van der Waals surface area contributed by atoms with Crippen LogP contribution in [0.5, 0.6) is 5.75 Å². The molecule has 3 aromatic rings. The summed E-state index contributed by atoms with van der Waals surface area (Å²) in [4.78, 5) is 40.9. The Morgan fingerprint density at radius 1 is 1.23 bits per heavy atom. The van der Waals surface area contributed by atoms with E-state index in [0.29, 0.717) is 31.1 Å². The Hall–Kier alpha value is -4.36. The maximum Gasteiger partial charge on any atom is 0.335 e. The molecule has 212 valence electrons. The van der Waals surface area contributed by atoms with Crippen molar-refractivity contribution in [2.45, 2.75) is 39.1 Å². The molecule has 0 radical (unpaired) electrons. The largest absolute Gasteiger partial charge is 0.488 e. The highest BCUT2D eigenvalue weighted by atomic mass is 16.5. The molecular formula is C27H33N7O6. The highest BCUT2D eigenvalue weighted by Crippen LogP contribution is 2.31. The predicted molar refractivity (Wildman–Crippen MR) is 144 cm³/mol. The van der Waals surface area contributed by atoms with Crippen LogP contribution in [0, 0.1) is 5.92 Å². The van der Waals surface area contributed by atoms with E-state index in [1.165, 1.54) is 11.0 Å². The number of carboxylic acid groups (broad SMARTS) is 1. The number of tetrazole rings is 1. The van der Waals surface area contributed by atoms with Crippen LogP contribution in [0.4, 0.5) is 5.69 Å². The third-order valence-corrected chi connectivity index (χ3v) is 6.79. The van der Waals surface area contributed by atoms with Crippen LogP contribution in [0.15, 0.2) is 48.8 Å². The monoisotopic (exact) mass is 551 g/mol. The number of carbonyl (C=O) groups excluding carboxylic acids is 2. The number of aliphatic hydroxyl groups is 1. The van der Waals surface area contributed by atoms with Crippen LogP contribution in [0.25, 0.3) is 0 Å². The van der Waals surface area contributed by atoms with E-state index in [0.717, 1.165) is 5.56 Å². The maximum absolute atomic E-state index is 13.6. The lowest BCUT2D eigenvalue weighted by Gasteiger charge is -2.38. The zero-order chi connectivity index (χ0) is 28.8. The quantitative estimate of drug-likeness (QED) is 0.335. The number of hydrogen-bond donors (Lipinski definition) is 3. The molecule has 4 rings (SSSR count). The lowest BCUT2D eigenvalue weighted by molar-refractivity contribution is -0.116. The van der Waals surface area contributed by atoms with E-state index in [9.17, 15) is 19.5 Å². The summed E-state index contributed by atoms with van der Waals surface area (Å²) in [7, 11) is 1.95. The number of aromatic carboxylic acids is 1. The van der Waals surface area contributed by atoms with Gasteiger partial charge in [-0.1, -0.05) is 19.1 Å². The Labute approximate surface area is 231 Å². The molecule has 2 aromatic carbocycles. The van der Waals surface area contributed by atoms with Crippen molar-refractivity contribution in [3.05, 3.63) is 65.5 Å². The predicted octanol–water partition coefficient (Wildman–Crippen LogP) is 1.36. The minimum atomic E-state index is -0.971. The molecule has 2 amide bonds. The summed E-state index contributed by atoms with van der Waals surface area (Å²) in [5.74, 6) is -1.32. The first-order valence-corrected chi connectivity index (χ1v) is 12.9. The molecule has 0 bridgehead atoms. The lowest BCUT2D eigenvalue weighted by atomic mass is 9.99. The first-order valence-electron chi connectivity index (χ1n) is 12.9. The second-order valence-corrected chi connectivity index (χ2v) is 10.1. The van der Waals surface area contributed by atoms with Gasteiger partial charge >= 0.3 is 5.97 Å². The van der Waals surface area contributed by atoms with Crippen molar-refractivity contribution in [1.82, 2.24) is 30.0 Å². The lowest BCUT2D eigenvalue weighted by Crippen LogP contribution is -2.49. The number of aromatic nitrogens is 4. The average molecular weight is 552 g/mol. The Morgan fingerprint density at radius 3 is 2.62 bits per heavy atom. The van der Waals surface area contributed by atoms with Gasteiger partial charge in [0.25, 0.3) is 5.91 Å². The van der Waals surface area contributed by atoms with Gasteiger partial charge in [0.05, 0.1) is 23.8 Å². The molecule has 1 aliphatic rings. The summed E-state index contributed by atoms with van der Waals surface area (Å²) in [5.41, 5.74) is 1.88. The van der Waals surface area contributed by atoms with Crippen molar-refractivity contribution >= 4 is 23.5 Å². The molecule has 40 heavy (non-hydrogen) atoms. The Bertz CT molecular complexity index is 1330. The number of fused-ring (bicyclic) bond motifs is 1. The van der Waals surface area contributed by atoms with E-state index in [4.69, 9.17) is 9.84 Å². The first-order chi connectivity index (χ1) is 19.1. The van der Waals surface area contributed by atoms with E-state index < -0.39 is 12.0 Å². The molecule has 0 unspecified atom stereocenters. The van der Waals surface area contributed by atoms with E-state index in [1.54, 1.807) is 54.3 Å². The molecule has 0 fully saturated rings. The Morgan fingerprint density at radius 2 is 1.98 bits per heavy atom. The van der Waals surface area contributed by atoms with Gasteiger partial charge in [-0.3, -0.25) is 14.5 Å². The second-order valence-electron chi connectivity index (χ2n) is 10.1. The fraction of sp³-hybridized carbons (Fsp3) is 0.407. The van der Waals surface area contributed by atoms with Crippen LogP contribution in [0.2, 0.25) is 0 Å². The van der Waals surface area contributed by atoms with Gasteiger partial charge in [-0.25, -0.2) is 9.48 Å². The van der Waals surface area contributed by atoms with Gasteiger partial charge in [0.1, 0.15) is 24.7 Å². The zero-order valence-electron chi connectivity index (χ0n) is 22.6. The molecule has 0 saturated carbocycles. The number of nitrogens with zero attached hydrogens (tertiary/aromatic N) is 6. The number of ether oxygens (including phenoxy) is 1. The highest BCUT2D eigenvalue weighted by Gasteiger charge is 2.33. The third kappa shape index (κ3) is 6.98. The molecule has 1 aliphatic heterocycles. The van der Waals surface area contributed by atoms with E-state index in [1.807, 2.05) is 14.0 Å². The summed E-state index contributed by atoms with van der Waals surface area (Å²) in [5, 5.41) is 32.5. The summed E-state index contributed by atoms with van der Waals surface area (Å²) in [6, 6.07) is 11.2. The molecule has 0 aliphatic carbocycles. The highest BCUT2D eigenvalue weighted by molar-refractivity contribution is 5.99. The normalized spacial score (nSPS) is 17.9. The average Bonchev–Trinajstić information content (AvgIpc) is 3.43. The molecular weight excluding hydrogens is 518 g/mol. The van der Waals surface area contributed by atoms with Gasteiger partial charge in [-0.05, 0) is 60.3 Å². The van der Waals surface area contributed by atoms with Crippen molar-refractivity contribution in [2.24, 2.45) is 5.92 Å². The number of likely N-dealkylation sites (N-methyl/N-ethyl adjacent to an activating group) is 1. The van der Waals surface area contributed by atoms with Crippen LogP contribution in [-0.4, -0.2) is 96.9 Å². The molecule has 0 saturated heterocycles. The minimum absolute atomic E-state index is 0.0707. The third-order valence-electron chi connectivity index (χ3n) is 6.79. The topological polar surface area (TPSA) is 163 Å². The van der Waals surface area contributed by atoms with E-state index in [2.05, 4.69) is 25.7 Å². The number of aliphatic hydroxyl groups excluding tert-OH is 1. The van der Waals surface area contributed by atoms with Crippen molar-refractivity contribution < 1.29 is 29.3 Å². The summed E-state index contributed by atoms with van der Waals surface area (Å²) < 4.78 is 7.70. The fourth-order valence-electron chi connectivity index (χ4n) is 4.55. The van der Waals surface area contributed by atoms with Gasteiger partial charge in [0.15, 0.2) is 0 Å². The molecule has 2 heterocycles. The number of anilines is 1.